The van der Waals surface area contributed by atoms with Gasteiger partial charge in [0.15, 0.2) is 0 Å². The fraction of sp³-hybridized carbons (Fsp3) is 0.533. The van der Waals surface area contributed by atoms with E-state index in [0.717, 1.165) is 38.3 Å². The molecule has 5 heteroatoms. The van der Waals surface area contributed by atoms with E-state index in [0.29, 0.717) is 5.56 Å². The molecule has 3 nitrogen and oxygen atoms in total. The van der Waals surface area contributed by atoms with Crippen molar-refractivity contribution in [2.45, 2.75) is 44.3 Å². The smallest absolute Gasteiger partial charge is 0.240 e. The van der Waals surface area contributed by atoms with Crippen molar-refractivity contribution < 1.29 is 13.6 Å². The Labute approximate surface area is 117 Å². The summed E-state index contributed by atoms with van der Waals surface area (Å²) < 4.78 is 26.7. The van der Waals surface area contributed by atoms with Crippen LogP contribution >= 0.6 is 0 Å². The number of hydrogen-bond acceptors (Lipinski definition) is 2. The van der Waals surface area contributed by atoms with Crippen LogP contribution in [0.5, 0.6) is 0 Å². The van der Waals surface area contributed by atoms with E-state index in [2.05, 4.69) is 5.32 Å². The standard InChI is InChI=1S/C15H18F2N2O/c16-11-4-3-10(13(17)8-11)9-19(12-5-6-12)15(20)14-2-1-7-18-14/h3-4,8,12,14,18H,1-2,5-7,9H2/t14-/m0/s1. The number of nitrogens with one attached hydrogen (secondary N) is 1. The fourth-order valence-electron chi connectivity index (χ4n) is 2.70. The summed E-state index contributed by atoms with van der Waals surface area (Å²) in [5.74, 6) is -1.12. The Bertz CT molecular complexity index is 511. The topological polar surface area (TPSA) is 32.3 Å². The minimum Gasteiger partial charge on any atom is -0.334 e. The molecule has 3 rings (SSSR count). The second-order valence-corrected chi connectivity index (χ2v) is 5.58. The molecule has 0 radical (unpaired) electrons. The van der Waals surface area contributed by atoms with Gasteiger partial charge in [-0.3, -0.25) is 4.79 Å². The predicted molar refractivity (Wildman–Crippen MR) is 71.0 cm³/mol. The second-order valence-electron chi connectivity index (χ2n) is 5.58. The third-order valence-corrected chi connectivity index (χ3v) is 3.98. The van der Waals surface area contributed by atoms with E-state index in [4.69, 9.17) is 0 Å². The number of benzene rings is 1. The minimum absolute atomic E-state index is 0.0497. The number of rotatable bonds is 4. The molecule has 1 aromatic carbocycles. The maximum Gasteiger partial charge on any atom is 0.240 e. The molecule has 1 aliphatic carbocycles. The van der Waals surface area contributed by atoms with Crippen LogP contribution in [0.4, 0.5) is 8.78 Å². The van der Waals surface area contributed by atoms with E-state index in [1.54, 1.807) is 4.90 Å². The predicted octanol–water partition coefficient (Wildman–Crippen LogP) is 2.21. The van der Waals surface area contributed by atoms with Gasteiger partial charge in [-0.1, -0.05) is 6.07 Å². The quantitative estimate of drug-likeness (QED) is 0.917. The van der Waals surface area contributed by atoms with Crippen molar-refractivity contribution in [1.82, 2.24) is 10.2 Å². The summed E-state index contributed by atoms with van der Waals surface area (Å²) in [5, 5.41) is 3.18. The zero-order valence-electron chi connectivity index (χ0n) is 11.2. The van der Waals surface area contributed by atoms with Crippen LogP contribution in [0.1, 0.15) is 31.2 Å². The van der Waals surface area contributed by atoms with Gasteiger partial charge in [-0.05, 0) is 38.3 Å². The molecule has 0 spiro atoms. The Hall–Kier alpha value is -1.49. The van der Waals surface area contributed by atoms with Gasteiger partial charge < -0.3 is 10.2 Å². The maximum atomic E-state index is 13.7. The first-order valence-corrected chi connectivity index (χ1v) is 7.13. The van der Waals surface area contributed by atoms with E-state index in [-0.39, 0.29) is 24.5 Å². The number of nitrogens with zero attached hydrogens (tertiary/aromatic N) is 1. The Kier molecular flexibility index (Phi) is 3.70. The van der Waals surface area contributed by atoms with Gasteiger partial charge in [-0.2, -0.15) is 0 Å². The number of hydrogen-bond donors (Lipinski definition) is 1. The molecular formula is C15H18F2N2O. The molecule has 20 heavy (non-hydrogen) atoms. The van der Waals surface area contributed by atoms with Gasteiger partial charge in [0, 0.05) is 24.2 Å². The number of amides is 1. The molecular weight excluding hydrogens is 262 g/mol. The molecule has 2 aliphatic rings. The van der Waals surface area contributed by atoms with Crippen molar-refractivity contribution in [3.05, 3.63) is 35.4 Å². The first-order chi connectivity index (χ1) is 9.65. The highest BCUT2D eigenvalue weighted by molar-refractivity contribution is 5.82. The molecule has 1 N–H and O–H groups in total. The summed E-state index contributed by atoms with van der Waals surface area (Å²) in [4.78, 5) is 14.2. The second kappa shape index (κ2) is 5.48. The third-order valence-electron chi connectivity index (χ3n) is 3.98. The van der Waals surface area contributed by atoms with Gasteiger partial charge in [-0.25, -0.2) is 8.78 Å². The van der Waals surface area contributed by atoms with Crippen LogP contribution < -0.4 is 5.32 Å². The largest absolute Gasteiger partial charge is 0.334 e. The van der Waals surface area contributed by atoms with Crippen molar-refractivity contribution in [1.29, 1.82) is 0 Å². The molecule has 0 aromatic heterocycles. The van der Waals surface area contributed by atoms with Crippen molar-refractivity contribution in [3.8, 4) is 0 Å². The number of halogens is 2. The Morgan fingerprint density at radius 1 is 1.30 bits per heavy atom. The van der Waals surface area contributed by atoms with Gasteiger partial charge in [0.25, 0.3) is 0 Å². The van der Waals surface area contributed by atoms with E-state index in [9.17, 15) is 13.6 Å². The lowest BCUT2D eigenvalue weighted by atomic mass is 10.1. The first-order valence-electron chi connectivity index (χ1n) is 7.13. The summed E-state index contributed by atoms with van der Waals surface area (Å²) >= 11 is 0. The molecule has 2 fully saturated rings. The minimum atomic E-state index is -0.590. The molecule has 1 aromatic rings. The molecule has 108 valence electrons. The highest BCUT2D eigenvalue weighted by Crippen LogP contribution is 2.30. The zero-order chi connectivity index (χ0) is 14.1. The highest BCUT2D eigenvalue weighted by Gasteiger charge is 2.36. The summed E-state index contributed by atoms with van der Waals surface area (Å²) in [5.41, 5.74) is 0.379. The molecule has 1 aliphatic heterocycles. The average Bonchev–Trinajstić information content (AvgIpc) is 3.11. The first kappa shape index (κ1) is 13.5. The fourth-order valence-corrected chi connectivity index (χ4v) is 2.70. The van der Waals surface area contributed by atoms with Crippen molar-refractivity contribution >= 4 is 5.91 Å². The maximum absolute atomic E-state index is 13.7. The van der Waals surface area contributed by atoms with Gasteiger partial charge in [0.1, 0.15) is 11.6 Å². The van der Waals surface area contributed by atoms with Gasteiger partial charge in [0.2, 0.25) is 5.91 Å². The van der Waals surface area contributed by atoms with Crippen LogP contribution in [0.2, 0.25) is 0 Å². The Morgan fingerprint density at radius 2 is 2.10 bits per heavy atom. The Balaban J connectivity index is 1.75. The molecule has 0 bridgehead atoms. The van der Waals surface area contributed by atoms with E-state index >= 15 is 0 Å². The van der Waals surface area contributed by atoms with Gasteiger partial charge >= 0.3 is 0 Å². The van der Waals surface area contributed by atoms with Crippen LogP contribution in [0, 0.1) is 11.6 Å². The van der Waals surface area contributed by atoms with Gasteiger partial charge in [0.05, 0.1) is 6.04 Å². The Morgan fingerprint density at radius 3 is 2.70 bits per heavy atom. The summed E-state index contributed by atoms with van der Waals surface area (Å²) in [6, 6.07) is 3.61. The van der Waals surface area contributed by atoms with E-state index in [1.165, 1.54) is 12.1 Å². The lowest BCUT2D eigenvalue weighted by molar-refractivity contribution is -0.134. The summed E-state index contributed by atoms with van der Waals surface area (Å²) in [7, 11) is 0. The van der Waals surface area contributed by atoms with Crippen LogP contribution in [-0.2, 0) is 11.3 Å². The van der Waals surface area contributed by atoms with E-state index in [1.807, 2.05) is 0 Å². The molecule has 1 heterocycles. The molecule has 1 saturated heterocycles. The van der Waals surface area contributed by atoms with E-state index < -0.39 is 11.6 Å². The molecule has 1 saturated carbocycles. The van der Waals surface area contributed by atoms with Crippen LogP contribution in [0.15, 0.2) is 18.2 Å². The van der Waals surface area contributed by atoms with Crippen molar-refractivity contribution in [2.75, 3.05) is 6.54 Å². The lowest BCUT2D eigenvalue weighted by Crippen LogP contribution is -2.44. The van der Waals surface area contributed by atoms with Crippen molar-refractivity contribution in [3.63, 3.8) is 0 Å². The van der Waals surface area contributed by atoms with Crippen LogP contribution in [0.25, 0.3) is 0 Å². The third kappa shape index (κ3) is 2.82. The monoisotopic (exact) mass is 280 g/mol. The molecule has 0 unspecified atom stereocenters. The van der Waals surface area contributed by atoms with Crippen LogP contribution in [0.3, 0.4) is 0 Å². The average molecular weight is 280 g/mol. The van der Waals surface area contributed by atoms with Crippen LogP contribution in [-0.4, -0.2) is 29.4 Å². The number of carbonyl (C=O) groups is 1. The highest BCUT2D eigenvalue weighted by atomic mass is 19.1. The normalized spacial score (nSPS) is 22.0. The van der Waals surface area contributed by atoms with Crippen molar-refractivity contribution in [2.24, 2.45) is 0 Å². The number of carbonyl (C=O) groups excluding carboxylic acids is 1. The SMILES string of the molecule is O=C([C@@H]1CCCN1)N(Cc1ccc(F)cc1F)C1CC1. The summed E-state index contributed by atoms with van der Waals surface area (Å²) in [6.45, 7) is 1.09. The van der Waals surface area contributed by atoms with Gasteiger partial charge in [-0.15, -0.1) is 0 Å². The lowest BCUT2D eigenvalue weighted by Gasteiger charge is -2.26. The molecule has 1 atom stereocenters. The molecule has 1 amide bonds. The summed E-state index contributed by atoms with van der Waals surface area (Å²) in [6.07, 6.45) is 3.79. The zero-order valence-corrected chi connectivity index (χ0v) is 11.2.